The minimum atomic E-state index is -0.161. The molecule has 3 aliphatic rings. The zero-order valence-electron chi connectivity index (χ0n) is 29.7. The fraction of sp³-hybridized carbons (Fsp3) is 0.146. The molecular weight excluding hydrogens is 649 g/mol. The molecule has 0 radical (unpaired) electrons. The van der Waals surface area contributed by atoms with Crippen LogP contribution >= 0.6 is 0 Å². The molecule has 5 nitrogen and oxygen atoms in total. The second-order valence-electron chi connectivity index (χ2n) is 14.1. The number of aliphatic imine (C=N–C) groups is 1. The molecule has 53 heavy (non-hydrogen) atoms. The maximum atomic E-state index is 6.66. The third-order valence-corrected chi connectivity index (χ3v) is 11.1. The summed E-state index contributed by atoms with van der Waals surface area (Å²) in [6.07, 6.45) is 10.1. The number of nitrogens with one attached hydrogen (secondary N) is 1. The van der Waals surface area contributed by atoms with Gasteiger partial charge in [-0.3, -0.25) is 10.3 Å². The van der Waals surface area contributed by atoms with Crippen molar-refractivity contribution in [1.29, 1.82) is 0 Å². The van der Waals surface area contributed by atoms with Gasteiger partial charge in [0.1, 0.15) is 6.17 Å². The van der Waals surface area contributed by atoms with Crippen molar-refractivity contribution in [3.63, 3.8) is 0 Å². The molecule has 5 heteroatoms. The lowest BCUT2D eigenvalue weighted by Gasteiger charge is -2.38. The largest absolute Gasteiger partial charge is 0.453 e. The Hall–Kier alpha value is -6.17. The van der Waals surface area contributed by atoms with E-state index in [4.69, 9.17) is 9.73 Å². The molecule has 1 aliphatic carbocycles. The van der Waals surface area contributed by atoms with Crippen molar-refractivity contribution in [2.45, 2.75) is 38.4 Å². The first kappa shape index (κ1) is 31.6. The molecule has 10 rings (SSSR count). The Morgan fingerprint density at radius 1 is 0.679 bits per heavy atom. The summed E-state index contributed by atoms with van der Waals surface area (Å²) >= 11 is 0. The normalized spacial score (nSPS) is 19.3. The molecule has 258 valence electrons. The van der Waals surface area contributed by atoms with Crippen LogP contribution in [0.3, 0.4) is 0 Å². The van der Waals surface area contributed by atoms with E-state index in [1.165, 1.54) is 27.6 Å². The molecule has 2 aliphatic heterocycles. The molecule has 0 bridgehead atoms. The van der Waals surface area contributed by atoms with Crippen LogP contribution in [-0.4, -0.2) is 16.3 Å². The Labute approximate surface area is 310 Å². The Balaban J connectivity index is 1.08. The zero-order valence-corrected chi connectivity index (χ0v) is 29.7. The minimum Gasteiger partial charge on any atom is -0.453 e. The quantitative estimate of drug-likeness (QED) is 0.189. The number of aromatic nitrogens is 1. The summed E-state index contributed by atoms with van der Waals surface area (Å²) in [5.41, 5.74) is 11.4. The van der Waals surface area contributed by atoms with Crippen molar-refractivity contribution in [1.82, 2.24) is 9.88 Å². The highest BCUT2D eigenvalue weighted by atomic mass is 16.5. The molecule has 0 fully saturated rings. The highest BCUT2D eigenvalue weighted by Crippen LogP contribution is 2.52. The van der Waals surface area contributed by atoms with Gasteiger partial charge in [0.05, 0.1) is 22.4 Å². The molecule has 3 unspecified atom stereocenters. The highest BCUT2D eigenvalue weighted by molar-refractivity contribution is 6.12. The van der Waals surface area contributed by atoms with E-state index in [0.29, 0.717) is 0 Å². The van der Waals surface area contributed by atoms with Gasteiger partial charge in [0.15, 0.2) is 11.5 Å². The van der Waals surface area contributed by atoms with E-state index in [1.807, 2.05) is 12.1 Å². The molecule has 0 saturated heterocycles. The lowest BCUT2D eigenvalue weighted by Crippen LogP contribution is -2.47. The standard InChI is InChI=1S/C48H40N4O/c1-2-37-46(32-16-6-3-7-17-32)49-48(50-47(37)33-18-8-4-9-19-33)34-26-28-36(29-27-34)51-40-23-13-12-22-38(40)39-30-43-45(31-42(39)51)53-44-25-15-14-24-41(44)52(43)35-20-10-5-11-21-35/h3,5-8,10-31,37,47-48,50H,2,4,9H2,1H3. The van der Waals surface area contributed by atoms with Crippen molar-refractivity contribution in [2.75, 3.05) is 4.90 Å². The number of benzene rings is 6. The zero-order chi connectivity index (χ0) is 35.3. The van der Waals surface area contributed by atoms with Crippen LogP contribution < -0.4 is 15.0 Å². The van der Waals surface area contributed by atoms with Crippen molar-refractivity contribution < 1.29 is 4.74 Å². The Kier molecular flexibility index (Phi) is 7.80. The van der Waals surface area contributed by atoms with Crippen LogP contribution in [0.25, 0.3) is 27.5 Å². The number of allylic oxidation sites excluding steroid dienone is 2. The predicted octanol–water partition coefficient (Wildman–Crippen LogP) is 12.1. The third-order valence-electron chi connectivity index (χ3n) is 11.1. The van der Waals surface area contributed by atoms with Gasteiger partial charge in [0, 0.05) is 45.9 Å². The number of ether oxygens (including phenoxy) is 1. The molecule has 1 N–H and O–H groups in total. The van der Waals surface area contributed by atoms with Crippen LogP contribution in [0.15, 0.2) is 174 Å². The van der Waals surface area contributed by atoms with Crippen molar-refractivity contribution >= 4 is 44.6 Å². The molecule has 0 amide bonds. The van der Waals surface area contributed by atoms with Crippen LogP contribution in [-0.2, 0) is 0 Å². The van der Waals surface area contributed by atoms with E-state index in [-0.39, 0.29) is 18.1 Å². The van der Waals surface area contributed by atoms with Gasteiger partial charge in [0.2, 0.25) is 0 Å². The molecule has 7 aromatic rings. The maximum absolute atomic E-state index is 6.66. The van der Waals surface area contributed by atoms with E-state index in [1.54, 1.807) is 0 Å². The van der Waals surface area contributed by atoms with Gasteiger partial charge in [-0.15, -0.1) is 0 Å². The minimum absolute atomic E-state index is 0.161. The molecular formula is C48H40N4O. The second kappa shape index (κ2) is 13.1. The fourth-order valence-electron chi connectivity index (χ4n) is 8.56. The number of hydrogen-bond acceptors (Lipinski definition) is 4. The number of para-hydroxylation sites is 4. The smallest absolute Gasteiger partial charge is 0.153 e. The summed E-state index contributed by atoms with van der Waals surface area (Å²) in [7, 11) is 0. The summed E-state index contributed by atoms with van der Waals surface area (Å²) in [6, 6.07) is 51.9. The van der Waals surface area contributed by atoms with E-state index in [9.17, 15) is 0 Å². The number of rotatable bonds is 6. The Morgan fingerprint density at radius 2 is 1.43 bits per heavy atom. The monoisotopic (exact) mass is 688 g/mol. The van der Waals surface area contributed by atoms with Gasteiger partial charge in [0.25, 0.3) is 0 Å². The Bertz CT molecular complexity index is 2560. The van der Waals surface area contributed by atoms with Crippen LogP contribution in [0.5, 0.6) is 11.5 Å². The summed E-state index contributed by atoms with van der Waals surface area (Å²) in [6.45, 7) is 2.28. The van der Waals surface area contributed by atoms with Gasteiger partial charge < -0.3 is 14.2 Å². The number of fused-ring (bicyclic) bond motifs is 5. The van der Waals surface area contributed by atoms with Crippen LogP contribution in [0.1, 0.15) is 43.5 Å². The average molecular weight is 689 g/mol. The molecule has 1 aromatic heterocycles. The van der Waals surface area contributed by atoms with E-state index in [0.717, 1.165) is 70.1 Å². The maximum Gasteiger partial charge on any atom is 0.153 e. The topological polar surface area (TPSA) is 41.8 Å². The number of hydrogen-bond donors (Lipinski definition) is 1. The van der Waals surface area contributed by atoms with Crippen molar-refractivity contribution in [3.05, 3.63) is 181 Å². The van der Waals surface area contributed by atoms with Gasteiger partial charge >= 0.3 is 0 Å². The second-order valence-corrected chi connectivity index (χ2v) is 14.1. The third kappa shape index (κ3) is 5.39. The average Bonchev–Trinajstić information content (AvgIpc) is 3.55. The van der Waals surface area contributed by atoms with Crippen LogP contribution in [0.4, 0.5) is 17.1 Å². The van der Waals surface area contributed by atoms with Gasteiger partial charge in [-0.2, -0.15) is 0 Å². The summed E-state index contributed by atoms with van der Waals surface area (Å²) < 4.78 is 9.03. The summed E-state index contributed by atoms with van der Waals surface area (Å²) in [5, 5.41) is 6.36. The first-order valence-corrected chi connectivity index (χ1v) is 18.8. The molecule has 3 atom stereocenters. The van der Waals surface area contributed by atoms with E-state index >= 15 is 0 Å². The Morgan fingerprint density at radius 3 is 2.23 bits per heavy atom. The number of nitrogens with zero attached hydrogens (tertiary/aromatic N) is 3. The fourth-order valence-corrected chi connectivity index (χ4v) is 8.56. The highest BCUT2D eigenvalue weighted by Gasteiger charge is 2.35. The van der Waals surface area contributed by atoms with E-state index in [2.05, 4.69) is 173 Å². The summed E-state index contributed by atoms with van der Waals surface area (Å²) in [5.74, 6) is 1.96. The SMILES string of the molecule is CCC1C(c2ccccc2)=NC(c2ccc(-n3c4ccccc4c4cc5c(cc43)Oc3ccccc3N5c3ccccc3)cc2)NC1C1=CCCC=C1. The molecule has 3 heterocycles. The molecule has 0 spiro atoms. The van der Waals surface area contributed by atoms with Gasteiger partial charge in [-0.1, -0.05) is 116 Å². The van der Waals surface area contributed by atoms with Crippen LogP contribution in [0, 0.1) is 5.92 Å². The van der Waals surface area contributed by atoms with Crippen molar-refractivity contribution in [3.8, 4) is 17.2 Å². The lowest BCUT2D eigenvalue weighted by atomic mass is 9.80. The lowest BCUT2D eigenvalue weighted by molar-refractivity contribution is 0.389. The van der Waals surface area contributed by atoms with Crippen molar-refractivity contribution in [2.24, 2.45) is 10.9 Å². The first-order chi connectivity index (χ1) is 26.2. The molecule has 6 aromatic carbocycles. The predicted molar refractivity (Wildman–Crippen MR) is 218 cm³/mol. The van der Waals surface area contributed by atoms with Gasteiger partial charge in [-0.05, 0) is 84.5 Å². The van der Waals surface area contributed by atoms with Gasteiger partial charge in [-0.25, -0.2) is 0 Å². The first-order valence-electron chi connectivity index (χ1n) is 18.8. The summed E-state index contributed by atoms with van der Waals surface area (Å²) in [4.78, 5) is 7.75. The van der Waals surface area contributed by atoms with Crippen LogP contribution in [0.2, 0.25) is 0 Å². The number of anilines is 3. The molecule has 0 saturated carbocycles. The van der Waals surface area contributed by atoms with E-state index < -0.39 is 0 Å².